The van der Waals surface area contributed by atoms with Crippen LogP contribution in [0.1, 0.15) is 32.6 Å². The van der Waals surface area contributed by atoms with Crippen molar-refractivity contribution >= 4 is 0 Å². The van der Waals surface area contributed by atoms with Crippen molar-refractivity contribution in [3.05, 3.63) is 12.2 Å². The van der Waals surface area contributed by atoms with Gasteiger partial charge >= 0.3 is 0 Å². The van der Waals surface area contributed by atoms with E-state index in [9.17, 15) is 0 Å². The van der Waals surface area contributed by atoms with Crippen molar-refractivity contribution in [1.82, 2.24) is 5.32 Å². The molecule has 2 saturated carbocycles. The maximum Gasteiger partial charge on any atom is 0.0305 e. The summed E-state index contributed by atoms with van der Waals surface area (Å²) in [5.74, 6) is 2.98. The lowest BCUT2D eigenvalue weighted by Gasteiger charge is -2.16. The van der Waals surface area contributed by atoms with E-state index in [4.69, 9.17) is 0 Å². The van der Waals surface area contributed by atoms with Gasteiger partial charge < -0.3 is 5.32 Å². The molecule has 0 aromatic rings. The Kier molecular flexibility index (Phi) is 2.46. The molecule has 0 aliphatic heterocycles. The number of fused-ring (bicyclic) bond motifs is 1. The zero-order valence-corrected chi connectivity index (χ0v) is 8.84. The second-order valence-electron chi connectivity index (χ2n) is 4.80. The Hall–Kier alpha value is -0.300. The molecular weight excluding hydrogens is 158 g/mol. The quantitative estimate of drug-likeness (QED) is 0.657. The molecule has 0 aromatic carbocycles. The fourth-order valence-corrected chi connectivity index (χ4v) is 3.31. The van der Waals surface area contributed by atoms with Crippen LogP contribution in [0.15, 0.2) is 12.2 Å². The first kappa shape index (κ1) is 9.26. The van der Waals surface area contributed by atoms with Crippen molar-refractivity contribution in [3.63, 3.8) is 0 Å². The highest BCUT2D eigenvalue weighted by Gasteiger charge is 2.53. The van der Waals surface area contributed by atoms with E-state index in [0.717, 1.165) is 17.8 Å². The first-order valence-corrected chi connectivity index (χ1v) is 5.58. The molecule has 1 heteroatoms. The van der Waals surface area contributed by atoms with Gasteiger partial charge in [0.05, 0.1) is 0 Å². The highest BCUT2D eigenvalue weighted by atomic mass is 14.9. The van der Waals surface area contributed by atoms with E-state index in [-0.39, 0.29) is 0 Å². The first-order valence-electron chi connectivity index (χ1n) is 5.58. The van der Waals surface area contributed by atoms with Crippen molar-refractivity contribution in [3.8, 4) is 0 Å². The minimum absolute atomic E-state index is 0.591. The van der Waals surface area contributed by atoms with Crippen LogP contribution in [0.4, 0.5) is 0 Å². The van der Waals surface area contributed by atoms with Gasteiger partial charge in [-0.1, -0.05) is 25.0 Å². The standard InChI is InChI=1S/C12H21N/c1-8(2)12(13-3)11-9-6-4-5-7-10(9)11/h9-13H,1,4-7H2,2-3H3. The van der Waals surface area contributed by atoms with E-state index < -0.39 is 0 Å². The van der Waals surface area contributed by atoms with Crippen molar-refractivity contribution in [2.24, 2.45) is 17.8 Å². The molecule has 74 valence electrons. The Bertz CT molecular complexity index is 197. The zero-order valence-electron chi connectivity index (χ0n) is 8.84. The van der Waals surface area contributed by atoms with E-state index in [0.29, 0.717) is 6.04 Å². The van der Waals surface area contributed by atoms with Crippen LogP contribution < -0.4 is 5.32 Å². The molecule has 0 saturated heterocycles. The summed E-state index contributed by atoms with van der Waals surface area (Å²) in [6.45, 7) is 6.24. The molecule has 2 rings (SSSR count). The predicted octanol–water partition coefficient (Wildman–Crippen LogP) is 2.59. The van der Waals surface area contributed by atoms with Gasteiger partial charge in [-0.25, -0.2) is 0 Å². The fourth-order valence-electron chi connectivity index (χ4n) is 3.31. The molecule has 0 radical (unpaired) electrons. The predicted molar refractivity (Wildman–Crippen MR) is 56.6 cm³/mol. The average molecular weight is 179 g/mol. The topological polar surface area (TPSA) is 12.0 Å². The minimum atomic E-state index is 0.591. The second-order valence-corrected chi connectivity index (χ2v) is 4.80. The van der Waals surface area contributed by atoms with Gasteiger partial charge in [-0.15, -0.1) is 0 Å². The van der Waals surface area contributed by atoms with Crippen molar-refractivity contribution in [2.45, 2.75) is 38.6 Å². The highest BCUT2D eigenvalue weighted by molar-refractivity contribution is 5.14. The van der Waals surface area contributed by atoms with Gasteiger partial charge in [-0.2, -0.15) is 0 Å². The molecule has 2 fully saturated rings. The molecular formula is C12H21N. The third-order valence-corrected chi connectivity index (χ3v) is 3.95. The number of likely N-dealkylation sites (N-methyl/N-ethyl adjacent to an activating group) is 1. The molecule has 0 spiro atoms. The van der Waals surface area contributed by atoms with E-state index in [2.05, 4.69) is 25.9 Å². The summed E-state index contributed by atoms with van der Waals surface area (Å²) in [5.41, 5.74) is 1.32. The smallest absolute Gasteiger partial charge is 0.0305 e. The average Bonchev–Trinajstić information content (AvgIpc) is 2.81. The number of hydrogen-bond donors (Lipinski definition) is 1. The molecule has 13 heavy (non-hydrogen) atoms. The van der Waals surface area contributed by atoms with Gasteiger partial charge in [-0.3, -0.25) is 0 Å². The number of nitrogens with one attached hydrogen (secondary N) is 1. The molecule has 2 aliphatic carbocycles. The molecule has 0 amide bonds. The van der Waals surface area contributed by atoms with E-state index >= 15 is 0 Å². The van der Waals surface area contributed by atoms with Crippen LogP contribution in [-0.2, 0) is 0 Å². The van der Waals surface area contributed by atoms with Crippen LogP contribution in [0.3, 0.4) is 0 Å². The molecule has 3 unspecified atom stereocenters. The number of hydrogen-bond acceptors (Lipinski definition) is 1. The van der Waals surface area contributed by atoms with Gasteiger partial charge in [0, 0.05) is 6.04 Å². The van der Waals surface area contributed by atoms with Gasteiger partial charge in [0.2, 0.25) is 0 Å². The zero-order chi connectivity index (χ0) is 9.42. The Morgan fingerprint density at radius 2 is 1.85 bits per heavy atom. The monoisotopic (exact) mass is 179 g/mol. The summed E-state index contributed by atoms with van der Waals surface area (Å²) in [7, 11) is 2.07. The van der Waals surface area contributed by atoms with Gasteiger partial charge in [0.1, 0.15) is 0 Å². The van der Waals surface area contributed by atoms with Crippen molar-refractivity contribution in [2.75, 3.05) is 7.05 Å². The van der Waals surface area contributed by atoms with Crippen LogP contribution >= 0.6 is 0 Å². The minimum Gasteiger partial charge on any atom is -0.313 e. The Morgan fingerprint density at radius 3 is 2.23 bits per heavy atom. The molecule has 3 atom stereocenters. The fraction of sp³-hybridized carbons (Fsp3) is 0.833. The molecule has 1 N–H and O–H groups in total. The summed E-state index contributed by atoms with van der Waals surface area (Å²) in [6, 6.07) is 0.591. The SMILES string of the molecule is C=C(C)C(NC)C1C2CCCCC21. The maximum absolute atomic E-state index is 4.08. The summed E-state index contributed by atoms with van der Waals surface area (Å²) in [4.78, 5) is 0. The molecule has 0 bridgehead atoms. The molecule has 1 nitrogen and oxygen atoms in total. The Balaban J connectivity index is 1.98. The molecule has 0 heterocycles. The van der Waals surface area contributed by atoms with Crippen molar-refractivity contribution < 1.29 is 0 Å². The van der Waals surface area contributed by atoms with E-state index in [1.807, 2.05) is 0 Å². The van der Waals surface area contributed by atoms with E-state index in [1.54, 1.807) is 0 Å². The maximum atomic E-state index is 4.08. The van der Waals surface area contributed by atoms with E-state index in [1.165, 1.54) is 31.3 Å². The summed E-state index contributed by atoms with van der Waals surface area (Å²) >= 11 is 0. The third kappa shape index (κ3) is 1.54. The van der Waals surface area contributed by atoms with Crippen molar-refractivity contribution in [1.29, 1.82) is 0 Å². The largest absolute Gasteiger partial charge is 0.313 e. The number of rotatable bonds is 3. The van der Waals surface area contributed by atoms with Crippen LogP contribution in [0.25, 0.3) is 0 Å². The normalized spacial score (nSPS) is 39.4. The lowest BCUT2D eigenvalue weighted by molar-refractivity contribution is 0.480. The molecule has 2 aliphatic rings. The lowest BCUT2D eigenvalue weighted by atomic mass is 10.0. The van der Waals surface area contributed by atoms with Crippen LogP contribution in [0.5, 0.6) is 0 Å². The van der Waals surface area contributed by atoms with Crippen LogP contribution in [-0.4, -0.2) is 13.1 Å². The summed E-state index contributed by atoms with van der Waals surface area (Å²) < 4.78 is 0. The highest BCUT2D eigenvalue weighted by Crippen LogP contribution is 2.57. The van der Waals surface area contributed by atoms with Gasteiger partial charge in [0.15, 0.2) is 0 Å². The van der Waals surface area contributed by atoms with Crippen LogP contribution in [0.2, 0.25) is 0 Å². The molecule has 0 aromatic heterocycles. The summed E-state index contributed by atoms with van der Waals surface area (Å²) in [5, 5.41) is 3.42. The van der Waals surface area contributed by atoms with Crippen LogP contribution in [0, 0.1) is 17.8 Å². The third-order valence-electron chi connectivity index (χ3n) is 3.95. The summed E-state index contributed by atoms with van der Waals surface area (Å²) in [6.07, 6.45) is 5.87. The van der Waals surface area contributed by atoms with Gasteiger partial charge in [-0.05, 0) is 44.6 Å². The Labute approximate surface area is 81.6 Å². The Morgan fingerprint density at radius 1 is 1.31 bits per heavy atom. The first-order chi connectivity index (χ1) is 6.25. The lowest BCUT2D eigenvalue weighted by Crippen LogP contribution is -2.29. The second kappa shape index (κ2) is 3.45. The van der Waals surface area contributed by atoms with Gasteiger partial charge in [0.25, 0.3) is 0 Å².